The number of furan rings is 1. The number of rotatable bonds is 4. The number of nitrogens with two attached hydrogens (primary N) is 1. The number of hydrogen-bond acceptors (Lipinski definition) is 4. The Morgan fingerprint density at radius 2 is 2.18 bits per heavy atom. The number of halogens is 1. The van der Waals surface area contributed by atoms with Crippen LogP contribution >= 0.6 is 15.9 Å². The molecule has 0 amide bonds. The molecule has 0 bridgehead atoms. The maximum Gasteiger partial charge on any atom is 0.169 e. The lowest BCUT2D eigenvalue weighted by molar-refractivity contribution is 0.0259. The molecule has 4 nitrogen and oxygen atoms in total. The van der Waals surface area contributed by atoms with E-state index >= 15 is 0 Å². The third-order valence-electron chi connectivity index (χ3n) is 3.40. The zero-order valence-electron chi connectivity index (χ0n) is 10.1. The average Bonchev–Trinajstić information content (AvgIpc) is 2.78. The van der Waals surface area contributed by atoms with E-state index < -0.39 is 0 Å². The van der Waals surface area contributed by atoms with Gasteiger partial charge in [-0.05, 0) is 48.0 Å². The Balaban J connectivity index is 2.06. The van der Waals surface area contributed by atoms with Gasteiger partial charge in [0.1, 0.15) is 5.76 Å². The van der Waals surface area contributed by atoms with Crippen LogP contribution in [0.15, 0.2) is 21.2 Å². The predicted octanol–water partition coefficient (Wildman–Crippen LogP) is 2.15. The van der Waals surface area contributed by atoms with Crippen LogP contribution in [0.25, 0.3) is 0 Å². The van der Waals surface area contributed by atoms with Gasteiger partial charge < -0.3 is 14.9 Å². The average molecular weight is 303 g/mol. The number of likely N-dealkylation sites (N-methyl/N-ethyl adjacent to an activating group) is 1. The molecule has 1 aliphatic rings. The first-order valence-electron chi connectivity index (χ1n) is 5.97. The summed E-state index contributed by atoms with van der Waals surface area (Å²) >= 11 is 3.33. The highest BCUT2D eigenvalue weighted by Crippen LogP contribution is 2.27. The van der Waals surface area contributed by atoms with E-state index in [2.05, 4.69) is 27.9 Å². The molecular formula is C12H19BrN2O2. The van der Waals surface area contributed by atoms with Gasteiger partial charge in [-0.1, -0.05) is 0 Å². The van der Waals surface area contributed by atoms with E-state index in [1.165, 1.54) is 0 Å². The zero-order valence-corrected chi connectivity index (χ0v) is 11.6. The summed E-state index contributed by atoms with van der Waals surface area (Å²) in [7, 11) is 2.12. The van der Waals surface area contributed by atoms with Crippen molar-refractivity contribution in [1.82, 2.24) is 4.90 Å². The lowest BCUT2D eigenvalue weighted by Gasteiger charge is -2.35. The zero-order chi connectivity index (χ0) is 12.3. The van der Waals surface area contributed by atoms with Gasteiger partial charge >= 0.3 is 0 Å². The van der Waals surface area contributed by atoms with E-state index in [1.54, 1.807) is 0 Å². The van der Waals surface area contributed by atoms with Crippen molar-refractivity contribution in [2.75, 3.05) is 26.8 Å². The van der Waals surface area contributed by atoms with Crippen LogP contribution in [0.1, 0.15) is 24.6 Å². The summed E-state index contributed by atoms with van der Waals surface area (Å²) in [6.45, 7) is 2.25. The molecule has 17 heavy (non-hydrogen) atoms. The van der Waals surface area contributed by atoms with Crippen LogP contribution < -0.4 is 5.73 Å². The van der Waals surface area contributed by atoms with E-state index in [0.29, 0.717) is 12.6 Å². The molecule has 1 fully saturated rings. The first-order valence-corrected chi connectivity index (χ1v) is 6.76. The molecule has 96 valence electrons. The van der Waals surface area contributed by atoms with Gasteiger partial charge in [0, 0.05) is 25.8 Å². The molecule has 1 aromatic heterocycles. The molecule has 2 rings (SSSR count). The highest BCUT2D eigenvalue weighted by atomic mass is 79.9. The van der Waals surface area contributed by atoms with E-state index in [0.717, 1.165) is 36.5 Å². The molecule has 1 saturated heterocycles. The van der Waals surface area contributed by atoms with Gasteiger partial charge in [-0.2, -0.15) is 0 Å². The van der Waals surface area contributed by atoms with E-state index in [1.807, 2.05) is 12.1 Å². The molecule has 1 aliphatic heterocycles. The molecule has 2 N–H and O–H groups in total. The predicted molar refractivity (Wildman–Crippen MR) is 69.8 cm³/mol. The van der Waals surface area contributed by atoms with Crippen molar-refractivity contribution in [3.63, 3.8) is 0 Å². The fourth-order valence-corrected chi connectivity index (χ4v) is 2.66. The lowest BCUT2D eigenvalue weighted by Crippen LogP contribution is -2.41. The van der Waals surface area contributed by atoms with Gasteiger partial charge in [0.25, 0.3) is 0 Å². The van der Waals surface area contributed by atoms with Crippen molar-refractivity contribution < 1.29 is 9.15 Å². The van der Waals surface area contributed by atoms with Crippen LogP contribution in [-0.4, -0.2) is 37.7 Å². The summed E-state index contributed by atoms with van der Waals surface area (Å²) in [6.07, 6.45) is 2.13. The van der Waals surface area contributed by atoms with E-state index in [-0.39, 0.29) is 6.04 Å². The largest absolute Gasteiger partial charge is 0.453 e. The Kier molecular flexibility index (Phi) is 4.62. The molecule has 0 radical (unpaired) electrons. The molecule has 5 heteroatoms. The van der Waals surface area contributed by atoms with Crippen molar-refractivity contribution in [1.29, 1.82) is 0 Å². The van der Waals surface area contributed by atoms with Gasteiger partial charge in [0.2, 0.25) is 0 Å². The lowest BCUT2D eigenvalue weighted by atomic mass is 10.0. The number of nitrogens with zero attached hydrogens (tertiary/aromatic N) is 1. The monoisotopic (exact) mass is 302 g/mol. The third kappa shape index (κ3) is 3.10. The minimum atomic E-state index is 0.143. The molecule has 1 unspecified atom stereocenters. The topological polar surface area (TPSA) is 51.6 Å². The quantitative estimate of drug-likeness (QED) is 0.926. The molecule has 0 spiro atoms. The summed E-state index contributed by atoms with van der Waals surface area (Å²) in [5, 5.41) is 0. The van der Waals surface area contributed by atoms with Crippen LogP contribution in [0.3, 0.4) is 0 Å². The van der Waals surface area contributed by atoms with Crippen molar-refractivity contribution >= 4 is 15.9 Å². The molecule has 1 aromatic rings. The maximum atomic E-state index is 5.87. The van der Waals surface area contributed by atoms with E-state index in [9.17, 15) is 0 Å². The molecular weight excluding hydrogens is 284 g/mol. The van der Waals surface area contributed by atoms with Gasteiger partial charge in [-0.3, -0.25) is 4.90 Å². The van der Waals surface area contributed by atoms with Crippen molar-refractivity contribution in [3.8, 4) is 0 Å². The van der Waals surface area contributed by atoms with Crippen molar-refractivity contribution in [2.45, 2.75) is 24.9 Å². The highest BCUT2D eigenvalue weighted by Gasteiger charge is 2.26. The van der Waals surface area contributed by atoms with Gasteiger partial charge in [-0.15, -0.1) is 0 Å². The minimum absolute atomic E-state index is 0.143. The van der Waals surface area contributed by atoms with Crippen LogP contribution in [-0.2, 0) is 4.74 Å². The molecule has 0 saturated carbocycles. The molecule has 0 aliphatic carbocycles. The van der Waals surface area contributed by atoms with Crippen molar-refractivity contribution in [2.24, 2.45) is 5.73 Å². The Morgan fingerprint density at radius 1 is 1.47 bits per heavy atom. The molecule has 0 aromatic carbocycles. The fraction of sp³-hybridized carbons (Fsp3) is 0.667. The van der Waals surface area contributed by atoms with Crippen molar-refractivity contribution in [3.05, 3.63) is 22.6 Å². The maximum absolute atomic E-state index is 5.87. The standard InChI is InChI=1S/C12H19BrN2O2/c1-15(9-4-6-16-7-5-9)10(8-14)11-2-3-12(13)17-11/h2-3,9-10H,4-8,14H2,1H3. The minimum Gasteiger partial charge on any atom is -0.453 e. The molecule has 2 heterocycles. The second-order valence-electron chi connectivity index (χ2n) is 4.40. The number of ether oxygens (including phenoxy) is 1. The smallest absolute Gasteiger partial charge is 0.169 e. The van der Waals surface area contributed by atoms with Gasteiger partial charge in [0.05, 0.1) is 6.04 Å². The summed E-state index contributed by atoms with van der Waals surface area (Å²) in [5.41, 5.74) is 5.87. The van der Waals surface area contributed by atoms with Crippen LogP contribution in [0.5, 0.6) is 0 Å². The Hall–Kier alpha value is -0.360. The highest BCUT2D eigenvalue weighted by molar-refractivity contribution is 9.10. The Bertz CT molecular complexity index is 350. The van der Waals surface area contributed by atoms with Gasteiger partial charge in [0.15, 0.2) is 4.67 Å². The SMILES string of the molecule is CN(C1CCOCC1)C(CN)c1ccc(Br)o1. The number of hydrogen-bond donors (Lipinski definition) is 1. The summed E-state index contributed by atoms with van der Waals surface area (Å²) in [6, 6.07) is 4.57. The first kappa shape index (κ1) is 13.1. The molecule has 1 atom stereocenters. The van der Waals surface area contributed by atoms with Crippen LogP contribution in [0.2, 0.25) is 0 Å². The van der Waals surface area contributed by atoms with Gasteiger partial charge in [-0.25, -0.2) is 0 Å². The third-order valence-corrected chi connectivity index (χ3v) is 3.83. The van der Waals surface area contributed by atoms with E-state index in [4.69, 9.17) is 14.9 Å². The summed E-state index contributed by atoms with van der Waals surface area (Å²) in [5.74, 6) is 0.924. The fourth-order valence-electron chi connectivity index (χ4n) is 2.34. The normalized spacial score (nSPS) is 19.8. The Morgan fingerprint density at radius 3 is 2.71 bits per heavy atom. The Labute approximate surface area is 110 Å². The van der Waals surface area contributed by atoms with Crippen LogP contribution in [0.4, 0.5) is 0 Å². The second-order valence-corrected chi connectivity index (χ2v) is 5.18. The summed E-state index contributed by atoms with van der Waals surface area (Å²) in [4.78, 5) is 2.31. The summed E-state index contributed by atoms with van der Waals surface area (Å²) < 4.78 is 11.8. The van der Waals surface area contributed by atoms with Crippen LogP contribution in [0, 0.1) is 0 Å². The second kappa shape index (κ2) is 6.00. The first-order chi connectivity index (χ1) is 8.22.